The van der Waals surface area contributed by atoms with Crippen molar-refractivity contribution in [3.05, 3.63) is 0 Å². The van der Waals surface area contributed by atoms with Gasteiger partial charge < -0.3 is 15.2 Å². The Labute approximate surface area is 104 Å². The van der Waals surface area contributed by atoms with Gasteiger partial charge >= 0.3 is 0 Å². The molecule has 4 heteroatoms. The predicted molar refractivity (Wildman–Crippen MR) is 68.0 cm³/mol. The topological polar surface area (TPSA) is 47.7 Å². The van der Waals surface area contributed by atoms with Crippen LogP contribution in [0.1, 0.15) is 33.1 Å². The van der Waals surface area contributed by atoms with Crippen molar-refractivity contribution in [2.24, 2.45) is 5.73 Å². The molecule has 2 rings (SSSR count). The molecule has 0 aromatic heterocycles. The maximum Gasteiger partial charge on any atom is 0.0703 e. The van der Waals surface area contributed by atoms with E-state index in [4.69, 9.17) is 15.2 Å². The summed E-state index contributed by atoms with van der Waals surface area (Å²) in [6.07, 6.45) is 3.99. The van der Waals surface area contributed by atoms with Gasteiger partial charge in [-0.1, -0.05) is 0 Å². The first kappa shape index (κ1) is 13.3. The molecule has 0 radical (unpaired) electrons. The minimum Gasteiger partial charge on any atom is -0.378 e. The Bertz CT molecular complexity index is 254. The zero-order valence-electron chi connectivity index (χ0n) is 11.3. The van der Waals surface area contributed by atoms with Gasteiger partial charge in [0.05, 0.1) is 12.2 Å². The monoisotopic (exact) mass is 242 g/mol. The number of ether oxygens (including phenoxy) is 2. The summed E-state index contributed by atoms with van der Waals surface area (Å²) in [5, 5.41) is 0. The fourth-order valence-electron chi connectivity index (χ4n) is 3.32. The van der Waals surface area contributed by atoms with E-state index < -0.39 is 0 Å². The third-order valence-corrected chi connectivity index (χ3v) is 4.58. The first-order chi connectivity index (χ1) is 8.13. The summed E-state index contributed by atoms with van der Waals surface area (Å²) in [5.74, 6) is 0. The molecule has 0 aromatic rings. The van der Waals surface area contributed by atoms with Crippen molar-refractivity contribution < 1.29 is 9.47 Å². The van der Waals surface area contributed by atoms with E-state index in [-0.39, 0.29) is 5.54 Å². The number of hydrogen-bond acceptors (Lipinski definition) is 4. The predicted octanol–water partition coefficient (Wildman–Crippen LogP) is 0.992. The summed E-state index contributed by atoms with van der Waals surface area (Å²) in [6, 6.07) is 0.515. The van der Waals surface area contributed by atoms with E-state index in [1.165, 1.54) is 0 Å². The van der Waals surface area contributed by atoms with Crippen LogP contribution >= 0.6 is 0 Å². The summed E-state index contributed by atoms with van der Waals surface area (Å²) < 4.78 is 11.3. The summed E-state index contributed by atoms with van der Waals surface area (Å²) >= 11 is 0. The highest BCUT2D eigenvalue weighted by molar-refractivity contribution is 5.06. The molecule has 2 fully saturated rings. The van der Waals surface area contributed by atoms with Gasteiger partial charge in [-0.2, -0.15) is 0 Å². The third-order valence-electron chi connectivity index (χ3n) is 4.58. The minimum absolute atomic E-state index is 0.145. The Balaban J connectivity index is 1.95. The fraction of sp³-hybridized carbons (Fsp3) is 1.00. The van der Waals surface area contributed by atoms with E-state index in [9.17, 15) is 0 Å². The van der Waals surface area contributed by atoms with E-state index in [2.05, 4.69) is 25.8 Å². The van der Waals surface area contributed by atoms with Gasteiger partial charge in [0.15, 0.2) is 0 Å². The van der Waals surface area contributed by atoms with Crippen LogP contribution in [0.2, 0.25) is 0 Å². The molecular weight excluding hydrogens is 216 g/mol. The van der Waals surface area contributed by atoms with Crippen LogP contribution < -0.4 is 5.73 Å². The summed E-state index contributed by atoms with van der Waals surface area (Å²) in [4.78, 5) is 2.46. The molecule has 1 saturated carbocycles. The molecule has 1 aliphatic carbocycles. The average Bonchev–Trinajstić information content (AvgIpc) is 2.68. The maximum atomic E-state index is 6.00. The van der Waals surface area contributed by atoms with Gasteiger partial charge in [0.1, 0.15) is 0 Å². The Morgan fingerprint density at radius 1 is 1.47 bits per heavy atom. The van der Waals surface area contributed by atoms with Crippen LogP contribution in [-0.4, -0.2) is 55.5 Å². The molecule has 0 aromatic carbocycles. The van der Waals surface area contributed by atoms with Crippen molar-refractivity contribution in [2.75, 3.05) is 26.8 Å². The molecule has 0 spiro atoms. The molecule has 1 saturated heterocycles. The van der Waals surface area contributed by atoms with Crippen LogP contribution in [0.25, 0.3) is 0 Å². The van der Waals surface area contributed by atoms with Crippen LogP contribution in [0.5, 0.6) is 0 Å². The molecule has 2 N–H and O–H groups in total. The van der Waals surface area contributed by atoms with Crippen LogP contribution in [0, 0.1) is 0 Å². The van der Waals surface area contributed by atoms with Crippen LogP contribution in [0.4, 0.5) is 0 Å². The summed E-state index contributed by atoms with van der Waals surface area (Å²) in [6.45, 7) is 6.62. The first-order valence-electron chi connectivity index (χ1n) is 6.79. The molecule has 2 unspecified atom stereocenters. The zero-order valence-corrected chi connectivity index (χ0v) is 11.3. The highest BCUT2D eigenvalue weighted by Crippen LogP contribution is 2.41. The number of likely N-dealkylation sites (N-methyl/N-ethyl adjacent to an activating group) is 1. The van der Waals surface area contributed by atoms with Crippen LogP contribution in [0.3, 0.4) is 0 Å². The molecule has 2 atom stereocenters. The summed E-state index contributed by atoms with van der Waals surface area (Å²) in [5.41, 5.74) is 6.15. The highest BCUT2D eigenvalue weighted by Gasteiger charge is 2.50. The molecule has 17 heavy (non-hydrogen) atoms. The first-order valence-corrected chi connectivity index (χ1v) is 6.79. The van der Waals surface area contributed by atoms with Gasteiger partial charge in [0.2, 0.25) is 0 Å². The Kier molecular flexibility index (Phi) is 4.08. The van der Waals surface area contributed by atoms with Gasteiger partial charge in [0.25, 0.3) is 0 Å². The Hall–Kier alpha value is -0.160. The fourth-order valence-corrected chi connectivity index (χ4v) is 3.32. The second-order valence-electron chi connectivity index (χ2n) is 5.46. The van der Waals surface area contributed by atoms with E-state index in [1.54, 1.807) is 0 Å². The van der Waals surface area contributed by atoms with Crippen molar-refractivity contribution in [3.8, 4) is 0 Å². The Morgan fingerprint density at radius 2 is 2.18 bits per heavy atom. The Morgan fingerprint density at radius 3 is 2.65 bits per heavy atom. The van der Waals surface area contributed by atoms with Crippen molar-refractivity contribution >= 4 is 0 Å². The molecule has 2 aliphatic rings. The molecular formula is C13H26N2O2. The second-order valence-corrected chi connectivity index (χ2v) is 5.46. The quantitative estimate of drug-likeness (QED) is 0.781. The smallest absolute Gasteiger partial charge is 0.0703 e. The van der Waals surface area contributed by atoms with E-state index in [0.717, 1.165) is 39.0 Å². The molecule has 4 nitrogen and oxygen atoms in total. The standard InChI is InChI=1S/C13H26N2O2/c1-4-16-11-7-13(8-11,9-14)15(3)12-5-6-17-10(12)2/h10-12H,4-9,14H2,1-3H3. The van der Waals surface area contributed by atoms with E-state index in [0.29, 0.717) is 18.2 Å². The molecule has 0 amide bonds. The number of nitrogens with two attached hydrogens (primary N) is 1. The lowest BCUT2D eigenvalue weighted by Gasteiger charge is -2.54. The van der Waals surface area contributed by atoms with Gasteiger partial charge in [0, 0.05) is 31.3 Å². The van der Waals surface area contributed by atoms with E-state index >= 15 is 0 Å². The normalized spacial score (nSPS) is 41.8. The SMILES string of the molecule is CCOC1CC(CN)(N(C)C2CCOC2C)C1. The van der Waals surface area contributed by atoms with Gasteiger partial charge in [-0.05, 0) is 40.2 Å². The van der Waals surface area contributed by atoms with Crippen LogP contribution in [0.15, 0.2) is 0 Å². The van der Waals surface area contributed by atoms with Crippen molar-refractivity contribution in [1.29, 1.82) is 0 Å². The average molecular weight is 242 g/mol. The van der Waals surface area contributed by atoms with Crippen LogP contribution in [-0.2, 0) is 9.47 Å². The number of rotatable bonds is 5. The lowest BCUT2D eigenvalue weighted by molar-refractivity contribution is -0.109. The van der Waals surface area contributed by atoms with Crippen molar-refractivity contribution in [1.82, 2.24) is 4.90 Å². The molecule has 0 bridgehead atoms. The molecule has 1 aliphatic heterocycles. The lowest BCUT2D eigenvalue weighted by Crippen LogP contribution is -2.66. The van der Waals surface area contributed by atoms with Crippen molar-refractivity contribution in [3.63, 3.8) is 0 Å². The minimum atomic E-state index is 0.145. The number of hydrogen-bond donors (Lipinski definition) is 1. The van der Waals surface area contributed by atoms with Crippen molar-refractivity contribution in [2.45, 2.75) is 56.9 Å². The second kappa shape index (κ2) is 5.22. The summed E-state index contributed by atoms with van der Waals surface area (Å²) in [7, 11) is 2.20. The zero-order chi connectivity index (χ0) is 12.5. The lowest BCUT2D eigenvalue weighted by atomic mass is 9.72. The van der Waals surface area contributed by atoms with Gasteiger partial charge in [-0.25, -0.2) is 0 Å². The third kappa shape index (κ3) is 2.36. The largest absolute Gasteiger partial charge is 0.378 e. The van der Waals surface area contributed by atoms with E-state index in [1.807, 2.05) is 0 Å². The number of nitrogens with zero attached hydrogens (tertiary/aromatic N) is 1. The molecule has 100 valence electrons. The van der Waals surface area contributed by atoms with Gasteiger partial charge in [-0.15, -0.1) is 0 Å². The maximum absolute atomic E-state index is 6.00. The van der Waals surface area contributed by atoms with Gasteiger partial charge in [-0.3, -0.25) is 4.90 Å². The molecule has 1 heterocycles. The highest BCUT2D eigenvalue weighted by atomic mass is 16.5.